The lowest BCUT2D eigenvalue weighted by Crippen LogP contribution is -2.64. The Morgan fingerprint density at radius 1 is 0.590 bits per heavy atom. The number of amides is 8. The van der Waals surface area contributed by atoms with E-state index < -0.39 is 140 Å². The van der Waals surface area contributed by atoms with Crippen LogP contribution >= 0.6 is 0 Å². The van der Waals surface area contributed by atoms with Crippen LogP contribution in [-0.2, 0) is 120 Å². The van der Waals surface area contributed by atoms with Gasteiger partial charge in [0.15, 0.2) is 59.5 Å². The van der Waals surface area contributed by atoms with Crippen LogP contribution in [0.25, 0.3) is 11.1 Å². The molecule has 7 N–H and O–H groups in total. The van der Waals surface area contributed by atoms with Crippen LogP contribution in [0.1, 0.15) is 147 Å². The second-order valence-corrected chi connectivity index (χ2v) is 35.6. The molecule has 746 valence electrons. The first kappa shape index (κ1) is 103. The van der Waals surface area contributed by atoms with E-state index in [1.54, 1.807) is 43.0 Å². The maximum atomic E-state index is 15.0. The molecule has 0 aromatic heterocycles. The van der Waals surface area contributed by atoms with Crippen LogP contribution in [0, 0.1) is 28.6 Å². The molecule has 4 aliphatic carbocycles. The summed E-state index contributed by atoms with van der Waals surface area (Å²) in [5.74, 6) is -8.25. The summed E-state index contributed by atoms with van der Waals surface area (Å²) < 4.78 is 98.0. The van der Waals surface area contributed by atoms with Crippen LogP contribution in [0.5, 0.6) is 23.0 Å². The number of rotatable bonds is 46. The zero-order chi connectivity index (χ0) is 99.2. The highest BCUT2D eigenvalue weighted by molar-refractivity contribution is 6.08. The van der Waals surface area contributed by atoms with Crippen molar-refractivity contribution in [2.45, 2.75) is 167 Å². The number of hydrogen-bond donors (Lipinski definition) is 7. The molecule has 13 rings (SSSR count). The topological polar surface area (TPSA) is 478 Å². The monoisotopic (exact) mass is 1930 g/mol. The molecular weight excluding hydrogens is 1810 g/mol. The minimum Gasteiger partial charge on any atom is -0.493 e. The Labute approximate surface area is 803 Å². The molecule has 39 nitrogen and oxygen atoms in total. The number of alkyl carbamates (subject to hydrolysis) is 1. The zero-order valence-electron chi connectivity index (χ0n) is 79.2. The summed E-state index contributed by atoms with van der Waals surface area (Å²) in [6.07, 6.45) is -4.50. The second kappa shape index (κ2) is 47.8. The van der Waals surface area contributed by atoms with Gasteiger partial charge in [0.2, 0.25) is 23.6 Å². The van der Waals surface area contributed by atoms with Crippen molar-refractivity contribution >= 4 is 100 Å². The van der Waals surface area contributed by atoms with E-state index in [4.69, 9.17) is 80.5 Å². The van der Waals surface area contributed by atoms with Crippen molar-refractivity contribution in [3.63, 3.8) is 0 Å². The number of ether oxygens (including phenoxy) is 17. The van der Waals surface area contributed by atoms with Gasteiger partial charge in [-0.2, -0.15) is 0 Å². The molecule has 2 saturated heterocycles. The van der Waals surface area contributed by atoms with Crippen molar-refractivity contribution in [2.75, 3.05) is 141 Å². The largest absolute Gasteiger partial charge is 0.493 e. The first-order valence-corrected chi connectivity index (χ1v) is 46.2. The normalized spacial score (nSPS) is 19.7. The van der Waals surface area contributed by atoms with Gasteiger partial charge in [-0.05, 0) is 131 Å². The number of carbonyl (C=O) groups is 13. The molecule has 5 fully saturated rings. The minimum absolute atomic E-state index is 0.0128. The number of aliphatic hydroxyl groups is 1. The zero-order valence-corrected chi connectivity index (χ0v) is 79.2. The Kier molecular flexibility index (Phi) is 35.5. The summed E-state index contributed by atoms with van der Waals surface area (Å²) in [5.41, 5.74) is 6.25. The summed E-state index contributed by atoms with van der Waals surface area (Å²) in [6.45, 7) is 11.2. The number of aliphatic hydroxyl groups excluding tert-OH is 1. The fourth-order valence-electron chi connectivity index (χ4n) is 18.2. The maximum Gasteiger partial charge on any atom is 0.414 e. The lowest BCUT2D eigenvalue weighted by molar-refractivity contribution is -0.302. The van der Waals surface area contributed by atoms with E-state index in [1.165, 1.54) is 62.5 Å². The molecule has 3 aliphatic heterocycles. The highest BCUT2D eigenvalue weighted by Crippen LogP contribution is 2.63. The molecule has 10 atom stereocenters. The molecule has 2 spiro atoms. The molecule has 7 aliphatic rings. The Morgan fingerprint density at radius 3 is 1.82 bits per heavy atom. The van der Waals surface area contributed by atoms with Gasteiger partial charge >= 0.3 is 42.2 Å². The van der Waals surface area contributed by atoms with Crippen molar-refractivity contribution in [1.29, 1.82) is 0 Å². The Hall–Kier alpha value is -13.3. The van der Waals surface area contributed by atoms with Crippen LogP contribution in [-0.4, -0.2) is 257 Å². The van der Waals surface area contributed by atoms with Crippen molar-refractivity contribution < 1.29 is 148 Å². The number of nitrogens with zero attached hydrogens (tertiary/aromatic N) is 2. The summed E-state index contributed by atoms with van der Waals surface area (Å²) in [6, 6.07) is 29.9. The highest BCUT2D eigenvalue weighted by Gasteiger charge is 2.59. The van der Waals surface area contributed by atoms with E-state index in [-0.39, 0.29) is 191 Å². The lowest BCUT2D eigenvalue weighted by Gasteiger charge is -2.43. The SMILES string of the molecule is C=CCOC(=O)N1C[C@@H]2CC3(CC3)CC2C(=O)c2cc(OC)c(OCc3cccc(COc4cc(NC(=O)OCc5ccc(NC(=O)[C@H](CO[C@@H]6O[C@H](C(=O)OC)[C@@H](OC(C)=O)[C@H](OC(C)=O)[C@H]6OC(C)=O)NC(=O)[C@@H](NC(C)=O)C(C)C)cc5NC(=O)CCOCCOCCOCCOCCNC(=O)OCC5c6ccccc6-c6ccccc65)c(C(=O)N5CC6(CC6)C[C@H]5CO)cc4OC)c3)cc21. The number of nitrogens with one attached hydrogen (secondary N) is 6. The quantitative estimate of drug-likeness (QED) is 0.00808. The van der Waals surface area contributed by atoms with E-state index in [1.807, 2.05) is 48.5 Å². The molecule has 3 heterocycles. The Morgan fingerprint density at radius 2 is 1.21 bits per heavy atom. The van der Waals surface area contributed by atoms with Crippen LogP contribution < -0.4 is 55.7 Å². The fraction of sp³-hybridized carbons (Fsp3) is 0.490. The van der Waals surface area contributed by atoms with Gasteiger partial charge in [0.1, 0.15) is 45.1 Å². The van der Waals surface area contributed by atoms with Crippen molar-refractivity contribution in [2.24, 2.45) is 28.6 Å². The van der Waals surface area contributed by atoms with Gasteiger partial charge in [0, 0.05) is 93.8 Å². The number of anilines is 4. The predicted octanol–water partition coefficient (Wildman–Crippen LogP) is 9.96. The Balaban J connectivity index is 0.687. The van der Waals surface area contributed by atoms with E-state index in [0.717, 1.165) is 88.7 Å². The van der Waals surface area contributed by atoms with Crippen LogP contribution in [0.15, 0.2) is 128 Å². The van der Waals surface area contributed by atoms with Gasteiger partial charge in [-0.3, -0.25) is 53.4 Å². The Bertz CT molecular complexity index is 5440. The number of methoxy groups -OCH3 is 3. The van der Waals surface area contributed by atoms with Crippen LogP contribution in [0.3, 0.4) is 0 Å². The molecule has 6 aromatic carbocycles. The molecule has 0 radical (unpaired) electrons. The van der Waals surface area contributed by atoms with Gasteiger partial charge < -0.3 is 117 Å². The van der Waals surface area contributed by atoms with Gasteiger partial charge in [0.05, 0.1) is 117 Å². The maximum absolute atomic E-state index is 15.0. The third-order valence-corrected chi connectivity index (χ3v) is 25.3. The number of likely N-dealkylation sites (tertiary alicyclic amines) is 1. The molecule has 1 unspecified atom stereocenters. The average Bonchev–Trinajstić information content (AvgIpc) is 1.58. The van der Waals surface area contributed by atoms with E-state index in [0.29, 0.717) is 35.3 Å². The van der Waals surface area contributed by atoms with Crippen molar-refractivity contribution in [3.8, 4) is 34.1 Å². The predicted molar refractivity (Wildman–Crippen MR) is 497 cm³/mol. The number of Topliss-reactive ketones (excluding diaryl/α,β-unsaturated/α-hetero) is 1. The van der Waals surface area contributed by atoms with Crippen molar-refractivity contribution in [3.05, 3.63) is 167 Å². The van der Waals surface area contributed by atoms with E-state index >= 15 is 4.79 Å². The number of hydrogen-bond acceptors (Lipinski definition) is 31. The van der Waals surface area contributed by atoms with Gasteiger partial charge in [-0.1, -0.05) is 99.3 Å². The summed E-state index contributed by atoms with van der Waals surface area (Å²) in [7, 11) is 3.82. The van der Waals surface area contributed by atoms with Crippen LogP contribution in [0.4, 0.5) is 37.1 Å². The molecule has 6 aromatic rings. The third-order valence-electron chi connectivity index (χ3n) is 25.3. The number of carbonyl (C=O) groups excluding carboxylic acids is 13. The van der Waals surface area contributed by atoms with Gasteiger partial charge in [0.25, 0.3) is 5.91 Å². The van der Waals surface area contributed by atoms with Crippen molar-refractivity contribution in [1.82, 2.24) is 20.9 Å². The minimum atomic E-state index is -1.96. The molecule has 3 saturated carbocycles. The smallest absolute Gasteiger partial charge is 0.414 e. The summed E-state index contributed by atoms with van der Waals surface area (Å²) in [4.78, 5) is 181. The van der Waals surface area contributed by atoms with Crippen LogP contribution in [0.2, 0.25) is 0 Å². The standard InChI is InChI=1S/C100H120N8O31/c1-11-31-130-98(122)107-49-65-46-99(26-27-99)48-74(65)86(115)73-43-81(124-9)83(45-79(73)107)132-52-63-18-16-17-62(40-63)51-131-82-44-77(72(42-80(82)123-8)93(118)108-56-100(28-29-100)47-67(108)50-109)106-97(121)134-53-64-23-24-66(103-91(116)78(105-92(117)85(57(2)3)102-58(4)110)55-133-95-90(138-61(7)113)88(137-60(6)112)87(136-59(5)111)89(139-95)94(119)125-10)41-76(64)104-84(114)25-32-126-34-36-128-38-39-129-37-35-127-33-30-101-96(120)135-54-75-70-21-14-12-19-68(70)69-20-13-15-22-71(69)75/h11-24,40-45,57,65,67,74-75,78,85,87-90,95,109H,1,25-39,46-56H2,2-10H3,(H,101,120)(H,102,110)(H,103,116)(H,104,114)(H,105,117)(H,106,121)/t65-,67-,74?,78-,85-,87-,88-,89-,90+,95+/m0/s1. The summed E-state index contributed by atoms with van der Waals surface area (Å²) >= 11 is 0. The molecule has 8 amide bonds. The van der Waals surface area contributed by atoms with Gasteiger partial charge in [-0.25, -0.2) is 19.2 Å². The number of esters is 4. The van der Waals surface area contributed by atoms with E-state index in [9.17, 15) is 62.6 Å². The number of benzene rings is 6. The van der Waals surface area contributed by atoms with E-state index in [2.05, 4.69) is 50.6 Å². The third kappa shape index (κ3) is 26.8. The number of ketones is 1. The molecule has 139 heavy (non-hydrogen) atoms. The first-order valence-electron chi connectivity index (χ1n) is 46.2. The average molecular weight is 1930 g/mol. The first-order chi connectivity index (χ1) is 66.9. The lowest BCUT2D eigenvalue weighted by atomic mass is 9.89. The summed E-state index contributed by atoms with van der Waals surface area (Å²) in [5, 5.41) is 26.7. The number of fused-ring (bicyclic) bond motifs is 5. The second-order valence-electron chi connectivity index (χ2n) is 35.6. The highest BCUT2D eigenvalue weighted by atomic mass is 16.7. The van der Waals surface area contributed by atoms with Gasteiger partial charge in [-0.15, -0.1) is 0 Å². The molecule has 39 heteroatoms. The fourth-order valence-corrected chi connectivity index (χ4v) is 18.2. The molecule has 0 bridgehead atoms. The molecular formula is C100H120N8O31.